The van der Waals surface area contributed by atoms with Crippen LogP contribution >= 0.6 is 0 Å². The molecule has 0 aromatic heterocycles. The van der Waals surface area contributed by atoms with Crippen LogP contribution in [0.2, 0.25) is 0 Å². The standard InChI is InChI=1S/C26H33NO5/c1-16-23(26(29)32-17-9-6-4-5-7-10-17)24(25-20(27-16)11-8-12-21(25)28)19-15-18(30-2)13-14-22(19)31-3/h13-15,17,24,27H,4-12H2,1-3H3. The lowest BCUT2D eigenvalue weighted by molar-refractivity contribution is -0.145. The third-order valence-corrected chi connectivity index (χ3v) is 6.82. The van der Waals surface area contributed by atoms with Crippen LogP contribution in [0.1, 0.15) is 76.2 Å². The van der Waals surface area contributed by atoms with Crippen molar-refractivity contribution in [2.24, 2.45) is 0 Å². The van der Waals surface area contributed by atoms with E-state index >= 15 is 0 Å². The van der Waals surface area contributed by atoms with Gasteiger partial charge in [0.2, 0.25) is 0 Å². The van der Waals surface area contributed by atoms with Crippen LogP contribution in [-0.2, 0) is 14.3 Å². The van der Waals surface area contributed by atoms with Crippen molar-refractivity contribution in [2.45, 2.75) is 76.7 Å². The summed E-state index contributed by atoms with van der Waals surface area (Å²) in [5.41, 5.74) is 3.55. The first-order valence-corrected chi connectivity index (χ1v) is 11.7. The highest BCUT2D eigenvalue weighted by molar-refractivity contribution is 6.04. The molecular weight excluding hydrogens is 406 g/mol. The summed E-state index contributed by atoms with van der Waals surface area (Å²) in [6, 6.07) is 5.52. The number of hydrogen-bond donors (Lipinski definition) is 1. The van der Waals surface area contributed by atoms with Crippen molar-refractivity contribution >= 4 is 11.8 Å². The molecule has 0 saturated heterocycles. The van der Waals surface area contributed by atoms with E-state index < -0.39 is 5.92 Å². The van der Waals surface area contributed by atoms with Crippen molar-refractivity contribution in [1.29, 1.82) is 0 Å². The quantitative estimate of drug-likeness (QED) is 0.518. The molecule has 1 saturated carbocycles. The molecule has 4 rings (SSSR count). The van der Waals surface area contributed by atoms with Gasteiger partial charge < -0.3 is 19.5 Å². The minimum atomic E-state index is -0.539. The first kappa shape index (κ1) is 22.4. The zero-order valence-electron chi connectivity index (χ0n) is 19.3. The normalized spacial score (nSPS) is 22.1. The highest BCUT2D eigenvalue weighted by Crippen LogP contribution is 2.46. The number of ether oxygens (including phenoxy) is 3. The lowest BCUT2D eigenvalue weighted by atomic mass is 9.75. The summed E-state index contributed by atoms with van der Waals surface area (Å²) in [5, 5.41) is 3.36. The first-order valence-electron chi connectivity index (χ1n) is 11.7. The number of benzene rings is 1. The SMILES string of the molecule is COc1ccc(OC)c(C2C(C(=O)OC3CCCCCC3)=C(C)NC3=C2C(=O)CCC3)c1. The molecular formula is C26H33NO5. The molecule has 1 atom stereocenters. The van der Waals surface area contributed by atoms with Crippen molar-refractivity contribution in [3.8, 4) is 11.5 Å². The van der Waals surface area contributed by atoms with Gasteiger partial charge in [0, 0.05) is 29.0 Å². The van der Waals surface area contributed by atoms with Gasteiger partial charge in [-0.2, -0.15) is 0 Å². The first-order chi connectivity index (χ1) is 15.5. The summed E-state index contributed by atoms with van der Waals surface area (Å²) in [5.74, 6) is 0.458. The van der Waals surface area contributed by atoms with E-state index in [1.165, 1.54) is 12.8 Å². The molecule has 0 amide bonds. The van der Waals surface area contributed by atoms with Gasteiger partial charge in [-0.15, -0.1) is 0 Å². The van der Waals surface area contributed by atoms with Crippen LogP contribution in [0.5, 0.6) is 11.5 Å². The van der Waals surface area contributed by atoms with Crippen LogP contribution in [0, 0.1) is 0 Å². The number of dihydropyridines is 1. The van der Waals surface area contributed by atoms with Crippen molar-refractivity contribution in [3.63, 3.8) is 0 Å². The van der Waals surface area contributed by atoms with Crippen LogP contribution in [0.25, 0.3) is 0 Å². The van der Waals surface area contributed by atoms with E-state index in [0.29, 0.717) is 29.1 Å². The fourth-order valence-electron chi connectivity index (χ4n) is 5.20. The average Bonchev–Trinajstić information content (AvgIpc) is 3.06. The Bertz CT molecular complexity index is 953. The molecule has 1 aromatic carbocycles. The number of carbonyl (C=O) groups excluding carboxylic acids is 2. The summed E-state index contributed by atoms with van der Waals surface area (Å²) < 4.78 is 17.2. The van der Waals surface area contributed by atoms with E-state index in [0.717, 1.165) is 55.5 Å². The average molecular weight is 440 g/mol. The lowest BCUT2D eigenvalue weighted by Gasteiger charge is -2.35. The molecule has 32 heavy (non-hydrogen) atoms. The number of allylic oxidation sites excluding steroid dienone is 3. The fraction of sp³-hybridized carbons (Fsp3) is 0.538. The predicted molar refractivity (Wildman–Crippen MR) is 122 cm³/mol. The maximum atomic E-state index is 13.6. The molecule has 1 unspecified atom stereocenters. The Morgan fingerprint density at radius 1 is 1.00 bits per heavy atom. The smallest absolute Gasteiger partial charge is 0.337 e. The summed E-state index contributed by atoms with van der Waals surface area (Å²) >= 11 is 0. The van der Waals surface area contributed by atoms with Crippen LogP contribution in [-0.4, -0.2) is 32.1 Å². The van der Waals surface area contributed by atoms with Gasteiger partial charge in [0.15, 0.2) is 5.78 Å². The second-order valence-electron chi connectivity index (χ2n) is 8.89. The van der Waals surface area contributed by atoms with Gasteiger partial charge in [0.25, 0.3) is 0 Å². The number of Topliss-reactive ketones (excluding diaryl/α,β-unsaturated/α-hetero) is 1. The molecule has 1 fully saturated rings. The lowest BCUT2D eigenvalue weighted by Crippen LogP contribution is -2.35. The fourth-order valence-corrected chi connectivity index (χ4v) is 5.20. The third kappa shape index (κ3) is 4.41. The highest BCUT2D eigenvalue weighted by Gasteiger charge is 2.41. The number of nitrogens with one attached hydrogen (secondary N) is 1. The van der Waals surface area contributed by atoms with E-state index in [2.05, 4.69) is 5.32 Å². The van der Waals surface area contributed by atoms with Gasteiger partial charge in [-0.25, -0.2) is 4.79 Å². The maximum absolute atomic E-state index is 13.6. The van der Waals surface area contributed by atoms with Gasteiger partial charge in [-0.3, -0.25) is 4.79 Å². The summed E-state index contributed by atoms with van der Waals surface area (Å²) in [6.07, 6.45) is 8.32. The highest BCUT2D eigenvalue weighted by atomic mass is 16.5. The van der Waals surface area contributed by atoms with Crippen molar-refractivity contribution in [3.05, 3.63) is 46.3 Å². The van der Waals surface area contributed by atoms with E-state index in [4.69, 9.17) is 14.2 Å². The van der Waals surface area contributed by atoms with E-state index in [1.807, 2.05) is 25.1 Å². The number of methoxy groups -OCH3 is 2. The van der Waals surface area contributed by atoms with Crippen molar-refractivity contribution in [1.82, 2.24) is 5.32 Å². The number of ketones is 1. The molecule has 1 heterocycles. The Morgan fingerprint density at radius 2 is 1.75 bits per heavy atom. The molecule has 1 N–H and O–H groups in total. The number of rotatable bonds is 5. The molecule has 1 aromatic rings. The molecule has 0 spiro atoms. The van der Waals surface area contributed by atoms with Crippen molar-refractivity contribution < 1.29 is 23.8 Å². The van der Waals surface area contributed by atoms with Gasteiger partial charge >= 0.3 is 5.97 Å². The topological polar surface area (TPSA) is 73.9 Å². The Balaban J connectivity index is 1.79. The molecule has 1 aliphatic heterocycles. The van der Waals surface area contributed by atoms with Crippen LogP contribution in [0.15, 0.2) is 40.7 Å². The molecule has 3 aliphatic rings. The third-order valence-electron chi connectivity index (χ3n) is 6.82. The molecule has 2 aliphatic carbocycles. The van der Waals surface area contributed by atoms with Crippen LogP contribution < -0.4 is 14.8 Å². The Hall–Kier alpha value is -2.76. The van der Waals surface area contributed by atoms with Crippen molar-refractivity contribution in [2.75, 3.05) is 14.2 Å². The minimum Gasteiger partial charge on any atom is -0.497 e. The summed E-state index contributed by atoms with van der Waals surface area (Å²) in [6.45, 7) is 1.90. The van der Waals surface area contributed by atoms with Gasteiger partial charge in [0.1, 0.15) is 17.6 Å². The minimum absolute atomic E-state index is 0.0703. The predicted octanol–water partition coefficient (Wildman–Crippen LogP) is 4.94. The van der Waals surface area contributed by atoms with Gasteiger partial charge in [-0.05, 0) is 63.6 Å². The Kier molecular flexibility index (Phi) is 6.87. The Morgan fingerprint density at radius 3 is 2.44 bits per heavy atom. The monoisotopic (exact) mass is 439 g/mol. The molecule has 0 bridgehead atoms. The van der Waals surface area contributed by atoms with Gasteiger partial charge in [-0.1, -0.05) is 12.8 Å². The van der Waals surface area contributed by atoms with E-state index in [1.54, 1.807) is 14.2 Å². The number of carbonyl (C=O) groups is 2. The zero-order valence-corrected chi connectivity index (χ0v) is 19.3. The summed E-state index contributed by atoms with van der Waals surface area (Å²) in [4.78, 5) is 26.7. The number of hydrogen-bond acceptors (Lipinski definition) is 6. The summed E-state index contributed by atoms with van der Waals surface area (Å²) in [7, 11) is 3.21. The molecule has 6 nitrogen and oxygen atoms in total. The second kappa shape index (κ2) is 9.80. The second-order valence-corrected chi connectivity index (χ2v) is 8.89. The van der Waals surface area contributed by atoms with Gasteiger partial charge in [0.05, 0.1) is 25.7 Å². The maximum Gasteiger partial charge on any atom is 0.337 e. The van der Waals surface area contributed by atoms with Crippen LogP contribution in [0.3, 0.4) is 0 Å². The number of esters is 1. The molecule has 0 radical (unpaired) electrons. The molecule has 172 valence electrons. The Labute approximate surface area is 190 Å². The van der Waals surface area contributed by atoms with E-state index in [9.17, 15) is 9.59 Å². The zero-order chi connectivity index (χ0) is 22.7. The molecule has 6 heteroatoms. The van der Waals surface area contributed by atoms with Crippen LogP contribution in [0.4, 0.5) is 0 Å². The largest absolute Gasteiger partial charge is 0.497 e. The van der Waals surface area contributed by atoms with E-state index in [-0.39, 0.29) is 17.9 Å².